The van der Waals surface area contributed by atoms with Crippen LogP contribution in [0, 0.1) is 5.92 Å². The van der Waals surface area contributed by atoms with Gasteiger partial charge in [-0.2, -0.15) is 0 Å². The molecule has 2 unspecified atom stereocenters. The van der Waals surface area contributed by atoms with Gasteiger partial charge in [0.2, 0.25) is 17.7 Å². The molecule has 0 radical (unpaired) electrons. The zero-order valence-corrected chi connectivity index (χ0v) is 26.3. The molecule has 1 aliphatic carbocycles. The van der Waals surface area contributed by atoms with Crippen molar-refractivity contribution in [3.8, 4) is 0 Å². The van der Waals surface area contributed by atoms with Crippen LogP contribution in [0.4, 0.5) is 0 Å². The number of carbonyl (C=O) groups excluding carboxylic acids is 3. The van der Waals surface area contributed by atoms with E-state index in [1.54, 1.807) is 0 Å². The predicted octanol–water partition coefficient (Wildman–Crippen LogP) is 4.13. The van der Waals surface area contributed by atoms with E-state index in [1.165, 1.54) is 0 Å². The number of nitrogens with two attached hydrogens (primary N) is 1. The fourth-order valence-corrected chi connectivity index (χ4v) is 6.83. The number of nitrogens with one attached hydrogen (secondary N) is 4. The second kappa shape index (κ2) is 14.9. The van der Waals surface area contributed by atoms with Gasteiger partial charge >= 0.3 is 0 Å². The number of amides is 3. The van der Waals surface area contributed by atoms with Crippen LogP contribution in [0.5, 0.6) is 0 Å². The summed E-state index contributed by atoms with van der Waals surface area (Å²) in [5, 5.41) is 17.0. The van der Waals surface area contributed by atoms with Crippen molar-refractivity contribution in [1.29, 1.82) is 0 Å². The fraction of sp³-hybridized carbons (Fsp3) is 0.395. The average molecular weight is 620 g/mol. The van der Waals surface area contributed by atoms with Gasteiger partial charge in [-0.1, -0.05) is 84.9 Å². The number of hydrogen-bond donors (Lipinski definition) is 5. The monoisotopic (exact) mass is 619 g/mol. The van der Waals surface area contributed by atoms with Gasteiger partial charge in [-0.15, -0.1) is 0 Å². The maximum absolute atomic E-state index is 14.1. The first-order chi connectivity index (χ1) is 22.4. The van der Waals surface area contributed by atoms with Crippen LogP contribution in [-0.4, -0.2) is 55.0 Å². The molecule has 8 heteroatoms. The maximum atomic E-state index is 14.1. The van der Waals surface area contributed by atoms with Crippen molar-refractivity contribution >= 4 is 39.3 Å². The van der Waals surface area contributed by atoms with Crippen molar-refractivity contribution in [3.63, 3.8) is 0 Å². The van der Waals surface area contributed by atoms with Gasteiger partial charge in [-0.05, 0) is 84.3 Å². The van der Waals surface area contributed by atoms with Crippen LogP contribution in [0.25, 0.3) is 21.5 Å². The molecule has 4 aromatic carbocycles. The highest BCUT2D eigenvalue weighted by molar-refractivity contribution is 5.93. The summed E-state index contributed by atoms with van der Waals surface area (Å²) in [4.78, 5) is 41.4. The lowest BCUT2D eigenvalue weighted by molar-refractivity contribution is -0.133. The van der Waals surface area contributed by atoms with Crippen LogP contribution in [0.3, 0.4) is 0 Å². The normalized spacial score (nSPS) is 20.1. The first kappa shape index (κ1) is 31.7. The lowest BCUT2D eigenvalue weighted by Crippen LogP contribution is -2.57. The third-order valence-electron chi connectivity index (χ3n) is 9.60. The van der Waals surface area contributed by atoms with E-state index in [2.05, 4.69) is 45.5 Å². The molecule has 2 atom stereocenters. The van der Waals surface area contributed by atoms with Crippen LogP contribution in [-0.2, 0) is 27.2 Å². The topological polar surface area (TPSA) is 125 Å². The fourth-order valence-electron chi connectivity index (χ4n) is 6.83. The Morgan fingerprint density at radius 2 is 1.17 bits per heavy atom. The molecule has 46 heavy (non-hydrogen) atoms. The van der Waals surface area contributed by atoms with Gasteiger partial charge in [0.05, 0.1) is 0 Å². The minimum atomic E-state index is -0.830. The van der Waals surface area contributed by atoms with Gasteiger partial charge < -0.3 is 27.0 Å². The third kappa shape index (κ3) is 8.11. The molecule has 4 aromatic rings. The molecule has 0 aromatic heterocycles. The number of hydrogen-bond acceptors (Lipinski definition) is 5. The first-order valence-corrected chi connectivity index (χ1v) is 16.7. The molecule has 8 nitrogen and oxygen atoms in total. The largest absolute Gasteiger partial charge is 0.352 e. The SMILES string of the molecule is NC1CCC(NC(=O)C(Cc2ccc3ccccc3c2)NC(=O)C(Cc2ccc3ccccc3c2)NC(=O)C2CCNCC2)CC1. The van der Waals surface area contributed by atoms with Crippen LogP contribution in [0.15, 0.2) is 84.9 Å². The van der Waals surface area contributed by atoms with Crippen LogP contribution < -0.4 is 27.0 Å². The van der Waals surface area contributed by atoms with Crippen LogP contribution >= 0.6 is 0 Å². The second-order valence-electron chi connectivity index (χ2n) is 13.0. The minimum absolute atomic E-state index is 0.0244. The van der Waals surface area contributed by atoms with E-state index in [9.17, 15) is 14.4 Å². The average Bonchev–Trinajstić information content (AvgIpc) is 3.09. The number of fused-ring (bicyclic) bond motifs is 2. The van der Waals surface area contributed by atoms with Crippen LogP contribution in [0.2, 0.25) is 0 Å². The molecule has 3 amide bonds. The molecule has 1 saturated heterocycles. The van der Waals surface area contributed by atoms with Gasteiger partial charge in [0.1, 0.15) is 12.1 Å². The van der Waals surface area contributed by atoms with Gasteiger partial charge in [-0.3, -0.25) is 14.4 Å². The Morgan fingerprint density at radius 1 is 0.652 bits per heavy atom. The van der Waals surface area contributed by atoms with E-state index >= 15 is 0 Å². The van der Waals surface area contributed by atoms with Gasteiger partial charge in [0.15, 0.2) is 0 Å². The summed E-state index contributed by atoms with van der Waals surface area (Å²) in [5.74, 6) is -0.836. The van der Waals surface area contributed by atoms with E-state index in [4.69, 9.17) is 5.73 Å². The second-order valence-corrected chi connectivity index (χ2v) is 13.0. The summed E-state index contributed by atoms with van der Waals surface area (Å²) in [5.41, 5.74) is 8.01. The summed E-state index contributed by atoms with van der Waals surface area (Å²) in [7, 11) is 0. The third-order valence-corrected chi connectivity index (χ3v) is 9.60. The van der Waals surface area contributed by atoms with Crippen molar-refractivity contribution in [2.24, 2.45) is 11.7 Å². The van der Waals surface area contributed by atoms with Crippen molar-refractivity contribution in [2.45, 2.75) is 75.5 Å². The number of rotatable bonds is 10. The lowest BCUT2D eigenvalue weighted by Gasteiger charge is -2.30. The highest BCUT2D eigenvalue weighted by Crippen LogP contribution is 2.21. The van der Waals surface area contributed by atoms with Crippen molar-refractivity contribution in [1.82, 2.24) is 21.3 Å². The highest BCUT2D eigenvalue weighted by atomic mass is 16.2. The van der Waals surface area contributed by atoms with Crippen molar-refractivity contribution in [2.75, 3.05) is 13.1 Å². The zero-order chi connectivity index (χ0) is 31.9. The minimum Gasteiger partial charge on any atom is -0.352 e. The molecule has 240 valence electrons. The highest BCUT2D eigenvalue weighted by Gasteiger charge is 2.31. The number of carbonyl (C=O) groups is 3. The van der Waals surface area contributed by atoms with Gasteiger partial charge in [0.25, 0.3) is 0 Å². The Bertz CT molecular complexity index is 1680. The summed E-state index contributed by atoms with van der Waals surface area (Å²) in [6, 6.07) is 27.0. The molecule has 2 fully saturated rings. The number of piperidine rings is 1. The summed E-state index contributed by atoms with van der Waals surface area (Å²) < 4.78 is 0. The van der Waals surface area contributed by atoms with Crippen LogP contribution in [0.1, 0.15) is 49.7 Å². The van der Waals surface area contributed by atoms with E-state index in [0.29, 0.717) is 12.8 Å². The number of benzene rings is 4. The smallest absolute Gasteiger partial charge is 0.243 e. The molecule has 6 rings (SSSR count). The summed E-state index contributed by atoms with van der Waals surface area (Å²) in [6.07, 6.45) is 5.48. The van der Waals surface area contributed by atoms with E-state index in [0.717, 1.165) is 84.3 Å². The zero-order valence-electron chi connectivity index (χ0n) is 26.3. The van der Waals surface area contributed by atoms with E-state index in [1.807, 2.05) is 60.7 Å². The Labute approximate surface area is 270 Å². The Hall–Kier alpha value is -4.27. The van der Waals surface area contributed by atoms with E-state index in [-0.39, 0.29) is 35.7 Å². The Balaban J connectivity index is 1.24. The molecule has 1 aliphatic heterocycles. The molecular weight excluding hydrogens is 574 g/mol. The molecule has 6 N–H and O–H groups in total. The van der Waals surface area contributed by atoms with Crippen molar-refractivity contribution in [3.05, 3.63) is 96.1 Å². The standard InChI is InChI=1S/C38H45N5O3/c39-32-13-15-33(16-14-32)41-37(45)34(23-25-9-11-27-5-1-3-7-30(27)21-25)43-38(46)35(42-36(44)29-17-19-40-20-18-29)24-26-10-12-28-6-2-4-8-31(28)22-26/h1-12,21-22,29,32-35,40H,13-20,23-24,39H2,(H,41,45)(H,42,44)(H,43,46). The predicted molar refractivity (Wildman–Crippen MR) is 183 cm³/mol. The van der Waals surface area contributed by atoms with Gasteiger partial charge in [0, 0.05) is 30.8 Å². The molecular formula is C38H45N5O3. The Morgan fingerprint density at radius 3 is 1.74 bits per heavy atom. The molecule has 0 bridgehead atoms. The molecule has 1 saturated carbocycles. The first-order valence-electron chi connectivity index (χ1n) is 16.7. The summed E-state index contributed by atoms with van der Waals surface area (Å²) in [6.45, 7) is 1.55. The van der Waals surface area contributed by atoms with Gasteiger partial charge in [-0.25, -0.2) is 0 Å². The molecule has 1 heterocycles. The molecule has 2 aliphatic rings. The van der Waals surface area contributed by atoms with Crippen molar-refractivity contribution < 1.29 is 14.4 Å². The quantitative estimate of drug-likeness (QED) is 0.183. The Kier molecular flexibility index (Phi) is 10.3. The molecule has 0 spiro atoms. The lowest BCUT2D eigenvalue weighted by atomic mass is 9.91. The maximum Gasteiger partial charge on any atom is 0.243 e. The van der Waals surface area contributed by atoms with E-state index < -0.39 is 12.1 Å². The summed E-state index contributed by atoms with van der Waals surface area (Å²) >= 11 is 0.